The van der Waals surface area contributed by atoms with Crippen molar-refractivity contribution in [1.29, 1.82) is 5.26 Å². The van der Waals surface area contributed by atoms with Gasteiger partial charge in [0.15, 0.2) is 0 Å². The lowest BCUT2D eigenvalue weighted by molar-refractivity contribution is -0.111. The number of carbonyl (C=O) groups excluding carboxylic acids is 1. The summed E-state index contributed by atoms with van der Waals surface area (Å²) in [5.74, 6) is -0.363. The number of nitrogens with two attached hydrogens (primary N) is 1. The van der Waals surface area contributed by atoms with Crippen molar-refractivity contribution in [1.82, 2.24) is 0 Å². The summed E-state index contributed by atoms with van der Waals surface area (Å²) in [5.41, 5.74) is 1.78. The normalized spacial score (nSPS) is 11.1. The Balaban J connectivity index is 2.01. The molecule has 0 saturated carbocycles. The minimum atomic E-state index is -3.75. The predicted octanol–water partition coefficient (Wildman–Crippen LogP) is 1.86. The molecule has 0 aromatic heterocycles. The van der Waals surface area contributed by atoms with Gasteiger partial charge in [-0.1, -0.05) is 12.1 Å². The van der Waals surface area contributed by atoms with Gasteiger partial charge in [0.2, 0.25) is 15.9 Å². The standard InChI is InChI=1S/C16H13N3O3S/c17-11-13-3-1-12(2-4-13)5-10-16(20)19-14-6-8-15(9-7-14)23(18,21)22/h1-10H,(H,19,20)(H2,18,21,22)/b10-5+. The lowest BCUT2D eigenvalue weighted by Gasteiger charge is -2.03. The highest BCUT2D eigenvalue weighted by atomic mass is 32.2. The van der Waals surface area contributed by atoms with Crippen LogP contribution in [0.5, 0.6) is 0 Å². The Morgan fingerprint density at radius 3 is 2.22 bits per heavy atom. The number of hydrogen-bond acceptors (Lipinski definition) is 4. The van der Waals surface area contributed by atoms with E-state index in [1.807, 2.05) is 6.07 Å². The van der Waals surface area contributed by atoms with Crippen LogP contribution in [0.2, 0.25) is 0 Å². The molecule has 0 radical (unpaired) electrons. The Hall–Kier alpha value is -2.95. The third kappa shape index (κ3) is 4.78. The molecule has 0 aliphatic carbocycles. The average Bonchev–Trinajstić information content (AvgIpc) is 2.53. The topological polar surface area (TPSA) is 113 Å². The SMILES string of the molecule is N#Cc1ccc(/C=C/C(=O)Nc2ccc(S(N)(=O)=O)cc2)cc1. The van der Waals surface area contributed by atoms with Crippen LogP contribution in [0.25, 0.3) is 6.08 Å². The van der Waals surface area contributed by atoms with Crippen LogP contribution in [0, 0.1) is 11.3 Å². The summed E-state index contributed by atoms with van der Waals surface area (Å²) >= 11 is 0. The Bertz CT molecular complexity index is 878. The van der Waals surface area contributed by atoms with Crippen molar-refractivity contribution in [3.05, 3.63) is 65.7 Å². The van der Waals surface area contributed by atoms with Crippen LogP contribution in [0.1, 0.15) is 11.1 Å². The molecular weight excluding hydrogens is 314 g/mol. The number of nitrogens with one attached hydrogen (secondary N) is 1. The number of benzene rings is 2. The van der Waals surface area contributed by atoms with Crippen molar-refractivity contribution in [2.45, 2.75) is 4.90 Å². The van der Waals surface area contributed by atoms with Gasteiger partial charge in [0.1, 0.15) is 0 Å². The maximum Gasteiger partial charge on any atom is 0.248 e. The fourth-order valence-electron chi connectivity index (χ4n) is 1.75. The Kier molecular flexibility index (Phi) is 4.91. The Morgan fingerprint density at radius 2 is 1.70 bits per heavy atom. The Labute approximate surface area is 133 Å². The summed E-state index contributed by atoms with van der Waals surface area (Å²) < 4.78 is 22.3. The lowest BCUT2D eigenvalue weighted by Crippen LogP contribution is -2.12. The highest BCUT2D eigenvalue weighted by molar-refractivity contribution is 7.89. The molecule has 2 aromatic carbocycles. The highest BCUT2D eigenvalue weighted by Gasteiger charge is 2.07. The average molecular weight is 327 g/mol. The Morgan fingerprint density at radius 1 is 1.09 bits per heavy atom. The number of sulfonamides is 1. The van der Waals surface area contributed by atoms with Gasteiger partial charge in [-0.15, -0.1) is 0 Å². The molecule has 0 saturated heterocycles. The van der Waals surface area contributed by atoms with E-state index in [0.29, 0.717) is 11.3 Å². The molecule has 0 unspecified atom stereocenters. The van der Waals surface area contributed by atoms with Gasteiger partial charge in [-0.25, -0.2) is 13.6 Å². The zero-order chi connectivity index (χ0) is 16.9. The third-order valence-corrected chi connectivity index (χ3v) is 3.85. The fraction of sp³-hybridized carbons (Fsp3) is 0. The van der Waals surface area contributed by atoms with Crippen LogP contribution < -0.4 is 10.5 Å². The van der Waals surface area contributed by atoms with Crippen molar-refractivity contribution in [3.8, 4) is 6.07 Å². The van der Waals surface area contributed by atoms with Crippen LogP contribution in [0.4, 0.5) is 5.69 Å². The molecule has 0 heterocycles. The van der Waals surface area contributed by atoms with E-state index in [1.54, 1.807) is 30.3 Å². The van der Waals surface area contributed by atoms with Gasteiger partial charge in [-0.3, -0.25) is 4.79 Å². The molecule has 0 aliphatic rings. The summed E-state index contributed by atoms with van der Waals surface area (Å²) in [5, 5.41) is 16.3. The highest BCUT2D eigenvalue weighted by Crippen LogP contribution is 2.13. The summed E-state index contributed by atoms with van der Waals surface area (Å²) in [4.78, 5) is 11.8. The van der Waals surface area contributed by atoms with Crippen LogP contribution in [0.15, 0.2) is 59.5 Å². The molecule has 2 aromatic rings. The minimum Gasteiger partial charge on any atom is -0.323 e. The van der Waals surface area contributed by atoms with Gasteiger partial charge in [0, 0.05) is 11.8 Å². The monoisotopic (exact) mass is 327 g/mol. The first-order valence-corrected chi connectivity index (χ1v) is 8.05. The zero-order valence-electron chi connectivity index (χ0n) is 11.9. The second kappa shape index (κ2) is 6.87. The van der Waals surface area contributed by atoms with Crippen LogP contribution in [-0.4, -0.2) is 14.3 Å². The van der Waals surface area contributed by atoms with Gasteiger partial charge in [0.25, 0.3) is 0 Å². The van der Waals surface area contributed by atoms with Gasteiger partial charge < -0.3 is 5.32 Å². The number of carbonyl (C=O) groups is 1. The molecule has 116 valence electrons. The molecule has 0 fully saturated rings. The second-order valence-electron chi connectivity index (χ2n) is 4.63. The molecule has 6 nitrogen and oxygen atoms in total. The van der Waals surface area contributed by atoms with E-state index in [1.165, 1.54) is 30.3 Å². The van der Waals surface area contributed by atoms with Crippen molar-refractivity contribution >= 4 is 27.7 Å². The van der Waals surface area contributed by atoms with Crippen LogP contribution in [0.3, 0.4) is 0 Å². The summed E-state index contributed by atoms with van der Waals surface area (Å²) in [6, 6.07) is 14.3. The van der Waals surface area contributed by atoms with E-state index < -0.39 is 10.0 Å². The lowest BCUT2D eigenvalue weighted by atomic mass is 10.1. The molecule has 23 heavy (non-hydrogen) atoms. The van der Waals surface area contributed by atoms with E-state index in [9.17, 15) is 13.2 Å². The molecule has 3 N–H and O–H groups in total. The molecule has 7 heteroatoms. The molecule has 0 bridgehead atoms. The van der Waals surface area contributed by atoms with Crippen molar-refractivity contribution in [2.75, 3.05) is 5.32 Å². The molecular formula is C16H13N3O3S. The quantitative estimate of drug-likeness (QED) is 0.834. The summed E-state index contributed by atoms with van der Waals surface area (Å²) in [6.45, 7) is 0. The number of primary sulfonamides is 1. The number of rotatable bonds is 4. The number of anilines is 1. The van der Waals surface area contributed by atoms with Crippen molar-refractivity contribution in [2.24, 2.45) is 5.14 Å². The van der Waals surface area contributed by atoms with E-state index >= 15 is 0 Å². The summed E-state index contributed by atoms with van der Waals surface area (Å²) in [7, 11) is -3.75. The van der Waals surface area contributed by atoms with E-state index in [0.717, 1.165) is 5.56 Å². The van der Waals surface area contributed by atoms with Crippen molar-refractivity contribution in [3.63, 3.8) is 0 Å². The number of nitrogens with zero attached hydrogens (tertiary/aromatic N) is 1. The molecule has 1 amide bonds. The van der Waals surface area contributed by atoms with E-state index in [2.05, 4.69) is 5.32 Å². The largest absolute Gasteiger partial charge is 0.323 e. The second-order valence-corrected chi connectivity index (χ2v) is 6.19. The first-order chi connectivity index (χ1) is 10.9. The fourth-order valence-corrected chi connectivity index (χ4v) is 2.27. The molecule has 2 rings (SSSR count). The molecule has 0 aliphatic heterocycles. The van der Waals surface area contributed by atoms with E-state index in [4.69, 9.17) is 10.4 Å². The van der Waals surface area contributed by atoms with Crippen molar-refractivity contribution < 1.29 is 13.2 Å². The molecule has 0 atom stereocenters. The zero-order valence-corrected chi connectivity index (χ0v) is 12.7. The minimum absolute atomic E-state index is 0.0244. The first kappa shape index (κ1) is 16.4. The molecule has 0 spiro atoms. The summed E-state index contributed by atoms with van der Waals surface area (Å²) in [6.07, 6.45) is 2.95. The number of nitriles is 1. The number of hydrogen-bond donors (Lipinski definition) is 2. The smallest absolute Gasteiger partial charge is 0.248 e. The third-order valence-electron chi connectivity index (χ3n) is 2.92. The number of amides is 1. The predicted molar refractivity (Wildman–Crippen MR) is 86.6 cm³/mol. The van der Waals surface area contributed by atoms with Gasteiger partial charge >= 0.3 is 0 Å². The van der Waals surface area contributed by atoms with Crippen LogP contribution in [-0.2, 0) is 14.8 Å². The maximum absolute atomic E-state index is 11.8. The maximum atomic E-state index is 11.8. The van der Waals surface area contributed by atoms with Gasteiger partial charge in [-0.05, 0) is 48.0 Å². The first-order valence-electron chi connectivity index (χ1n) is 6.50. The van der Waals surface area contributed by atoms with Gasteiger partial charge in [0.05, 0.1) is 16.5 Å². The van der Waals surface area contributed by atoms with E-state index in [-0.39, 0.29) is 10.8 Å². The van der Waals surface area contributed by atoms with Gasteiger partial charge in [-0.2, -0.15) is 5.26 Å². The van der Waals surface area contributed by atoms with Crippen LogP contribution >= 0.6 is 0 Å².